The monoisotopic (exact) mass is 293 g/mol. The Morgan fingerprint density at radius 3 is 2.25 bits per heavy atom. The molecule has 0 saturated carbocycles. The first kappa shape index (κ1) is 15.0. The van der Waals surface area contributed by atoms with Crippen LogP contribution in [0.1, 0.15) is 25.8 Å². The Balaban J connectivity index is 2.51. The van der Waals surface area contributed by atoms with Crippen LogP contribution in [0, 0.1) is 12.3 Å². The molecular weight excluding hydrogens is 275 g/mol. The van der Waals surface area contributed by atoms with Crippen molar-refractivity contribution < 1.29 is 12.8 Å². The molecule has 1 aliphatic carbocycles. The topological polar surface area (TPSA) is 34.1 Å². The molecule has 0 aliphatic heterocycles. The third kappa shape index (κ3) is 3.01. The fourth-order valence-electron chi connectivity index (χ4n) is 2.33. The number of hydrogen-bond donors (Lipinski definition) is 0. The van der Waals surface area contributed by atoms with Crippen LogP contribution in [0.2, 0.25) is 0 Å². The quantitative estimate of drug-likeness (QED) is 0.845. The van der Waals surface area contributed by atoms with Gasteiger partial charge in [0.2, 0.25) is 0 Å². The number of sulfone groups is 1. The van der Waals surface area contributed by atoms with E-state index in [4.69, 9.17) is 0 Å². The van der Waals surface area contributed by atoms with Crippen molar-refractivity contribution in [3.8, 4) is 0 Å². The van der Waals surface area contributed by atoms with Gasteiger partial charge in [0.15, 0.2) is 9.84 Å². The van der Waals surface area contributed by atoms with Gasteiger partial charge in [-0.1, -0.05) is 31.6 Å². The van der Waals surface area contributed by atoms with Crippen molar-refractivity contribution in [2.24, 2.45) is 5.92 Å². The van der Waals surface area contributed by atoms with Crippen molar-refractivity contribution in [2.45, 2.75) is 25.2 Å². The first-order valence-corrected chi connectivity index (χ1v) is 8.43. The molecule has 0 N–H and O–H groups in total. The maximum atomic E-state index is 14.1. The Hall–Kier alpha value is -1.42. The Kier molecular flexibility index (Phi) is 4.14. The van der Waals surface area contributed by atoms with Gasteiger partial charge in [-0.25, -0.2) is 12.8 Å². The summed E-state index contributed by atoms with van der Waals surface area (Å²) in [7, 11) is -3.23. The predicted octanol–water partition coefficient (Wildman–Crippen LogP) is 3.96. The average molecular weight is 293 g/mol. The second kappa shape index (κ2) is 5.52. The summed E-state index contributed by atoms with van der Waals surface area (Å²) in [5.74, 6) is -0.0117. The Labute approximate surface area is 119 Å². The summed E-state index contributed by atoms with van der Waals surface area (Å²) in [6.07, 6.45) is 5.33. The van der Waals surface area contributed by atoms with Gasteiger partial charge >= 0.3 is 0 Å². The molecule has 0 unspecified atom stereocenters. The minimum Gasteiger partial charge on any atom is -0.224 e. The van der Waals surface area contributed by atoms with E-state index in [-0.39, 0.29) is 16.6 Å². The smallest absolute Gasteiger partial charge is 0.175 e. The Morgan fingerprint density at radius 1 is 1.15 bits per heavy atom. The van der Waals surface area contributed by atoms with Crippen molar-refractivity contribution >= 4 is 15.4 Å². The van der Waals surface area contributed by atoms with Gasteiger partial charge < -0.3 is 0 Å². The lowest BCUT2D eigenvalue weighted by molar-refractivity contribution is 0.602. The third-order valence-electron chi connectivity index (χ3n) is 3.36. The van der Waals surface area contributed by atoms with Gasteiger partial charge in [-0.15, -0.1) is 0 Å². The molecule has 0 fully saturated rings. The molecule has 0 aromatic heterocycles. The lowest BCUT2D eigenvalue weighted by atomic mass is 9.85. The summed E-state index contributed by atoms with van der Waals surface area (Å²) in [6.45, 7) is 4.05. The van der Waals surface area contributed by atoms with Crippen LogP contribution in [0.3, 0.4) is 0 Å². The van der Waals surface area contributed by atoms with Crippen LogP contribution in [0.4, 0.5) is 4.39 Å². The first-order chi connectivity index (χ1) is 9.30. The van der Waals surface area contributed by atoms with E-state index in [0.29, 0.717) is 17.6 Å². The van der Waals surface area contributed by atoms with Gasteiger partial charge in [0.25, 0.3) is 0 Å². The zero-order chi connectivity index (χ0) is 14.9. The molecule has 1 radical (unpaired) electrons. The van der Waals surface area contributed by atoms with Crippen LogP contribution in [0.25, 0.3) is 5.57 Å². The van der Waals surface area contributed by atoms with Crippen LogP contribution in [-0.4, -0.2) is 14.7 Å². The lowest BCUT2D eigenvalue weighted by Gasteiger charge is -2.21. The van der Waals surface area contributed by atoms with Crippen LogP contribution in [-0.2, 0) is 9.84 Å². The van der Waals surface area contributed by atoms with Gasteiger partial charge in [-0.2, -0.15) is 0 Å². The average Bonchev–Trinajstić information content (AvgIpc) is 2.37. The summed E-state index contributed by atoms with van der Waals surface area (Å²) in [6, 6.07) is 6.39. The minimum atomic E-state index is -3.23. The summed E-state index contributed by atoms with van der Waals surface area (Å²) >= 11 is 0. The Bertz CT molecular complexity index is 665. The van der Waals surface area contributed by atoms with Crippen LogP contribution in [0.15, 0.2) is 46.6 Å². The normalized spacial score (nSPS) is 16.6. The number of benzene rings is 1. The van der Waals surface area contributed by atoms with Crippen LogP contribution in [0.5, 0.6) is 0 Å². The van der Waals surface area contributed by atoms with Gasteiger partial charge in [0.1, 0.15) is 5.83 Å². The lowest BCUT2D eigenvalue weighted by Crippen LogP contribution is -2.05. The fourth-order valence-corrected chi connectivity index (χ4v) is 2.96. The number of halogens is 1. The van der Waals surface area contributed by atoms with E-state index >= 15 is 0 Å². The maximum Gasteiger partial charge on any atom is 0.175 e. The molecule has 2 rings (SSSR count). The highest BCUT2D eigenvalue weighted by molar-refractivity contribution is 7.90. The van der Waals surface area contributed by atoms with E-state index in [0.717, 1.165) is 11.8 Å². The highest BCUT2D eigenvalue weighted by Gasteiger charge is 2.20. The van der Waals surface area contributed by atoms with Crippen molar-refractivity contribution in [1.29, 1.82) is 0 Å². The van der Waals surface area contributed by atoms with E-state index in [2.05, 4.69) is 0 Å². The number of rotatable bonds is 3. The molecule has 1 aromatic rings. The summed E-state index contributed by atoms with van der Waals surface area (Å²) < 4.78 is 37.1. The van der Waals surface area contributed by atoms with Crippen LogP contribution < -0.4 is 0 Å². The summed E-state index contributed by atoms with van der Waals surface area (Å²) in [5, 5.41) is 0. The minimum absolute atomic E-state index is 0.221. The number of allylic oxidation sites excluding steroid dienone is 4. The molecule has 0 bridgehead atoms. The number of hydrogen-bond acceptors (Lipinski definition) is 2. The van der Waals surface area contributed by atoms with Crippen molar-refractivity contribution in [2.75, 3.05) is 6.26 Å². The Morgan fingerprint density at radius 2 is 1.75 bits per heavy atom. The molecule has 1 aromatic carbocycles. The second-order valence-electron chi connectivity index (χ2n) is 5.27. The first-order valence-electron chi connectivity index (χ1n) is 6.54. The SMILES string of the molecule is CC(C)C1=C(c2ccc(S(C)(=O)=O)cc2)C(F)=CC[CH]1. The van der Waals surface area contributed by atoms with Crippen molar-refractivity contribution in [3.05, 3.63) is 53.7 Å². The van der Waals surface area contributed by atoms with E-state index in [1.807, 2.05) is 20.3 Å². The van der Waals surface area contributed by atoms with Gasteiger partial charge in [-0.3, -0.25) is 0 Å². The van der Waals surface area contributed by atoms with Gasteiger partial charge in [0, 0.05) is 11.8 Å². The second-order valence-corrected chi connectivity index (χ2v) is 7.29. The van der Waals surface area contributed by atoms with E-state index in [9.17, 15) is 12.8 Å². The fraction of sp³-hybridized carbons (Fsp3) is 0.312. The summed E-state index contributed by atoms with van der Waals surface area (Å²) in [4.78, 5) is 0.247. The molecule has 0 atom stereocenters. The van der Waals surface area contributed by atoms with E-state index in [1.54, 1.807) is 18.2 Å². The zero-order valence-electron chi connectivity index (χ0n) is 11.9. The van der Waals surface area contributed by atoms with Crippen molar-refractivity contribution in [1.82, 2.24) is 0 Å². The molecule has 0 heterocycles. The molecule has 0 amide bonds. The van der Waals surface area contributed by atoms with E-state index in [1.165, 1.54) is 12.1 Å². The van der Waals surface area contributed by atoms with Gasteiger partial charge in [0.05, 0.1) is 4.90 Å². The molecule has 1 aliphatic rings. The molecule has 0 spiro atoms. The van der Waals surface area contributed by atoms with E-state index < -0.39 is 9.84 Å². The van der Waals surface area contributed by atoms with Crippen LogP contribution >= 0.6 is 0 Å². The largest absolute Gasteiger partial charge is 0.224 e. The molecular formula is C16H18FO2S. The van der Waals surface area contributed by atoms with Crippen molar-refractivity contribution in [3.63, 3.8) is 0 Å². The highest BCUT2D eigenvalue weighted by Crippen LogP contribution is 2.37. The molecule has 2 nitrogen and oxygen atoms in total. The van der Waals surface area contributed by atoms with Gasteiger partial charge in [-0.05, 0) is 42.5 Å². The highest BCUT2D eigenvalue weighted by atomic mass is 32.2. The molecule has 20 heavy (non-hydrogen) atoms. The predicted molar refractivity (Wildman–Crippen MR) is 79.4 cm³/mol. The molecule has 0 saturated heterocycles. The summed E-state index contributed by atoms with van der Waals surface area (Å²) in [5.41, 5.74) is 2.26. The third-order valence-corrected chi connectivity index (χ3v) is 4.48. The standard InChI is InChI=1S/C16H18FO2S/c1-11(2)14-5-4-6-15(17)16(14)12-7-9-13(10-8-12)20(3,18)19/h5-11H,4H2,1-3H3. The molecule has 107 valence electrons. The maximum absolute atomic E-state index is 14.1. The zero-order valence-corrected chi connectivity index (χ0v) is 12.7. The molecule has 4 heteroatoms.